The molecule has 32 heavy (non-hydrogen) atoms. The van der Waals surface area contributed by atoms with Crippen LogP contribution in [0.2, 0.25) is 0 Å². The van der Waals surface area contributed by atoms with E-state index in [1.165, 1.54) is 0 Å². The third-order valence-electron chi connectivity index (χ3n) is 5.70. The van der Waals surface area contributed by atoms with E-state index in [9.17, 15) is 13.2 Å². The van der Waals surface area contributed by atoms with Crippen molar-refractivity contribution in [2.45, 2.75) is 58.8 Å². The molecule has 1 amide bonds. The Morgan fingerprint density at radius 3 is 2.31 bits per heavy atom. The second kappa shape index (κ2) is 9.14. The van der Waals surface area contributed by atoms with Gasteiger partial charge in [0, 0.05) is 12.6 Å². The molecule has 0 aliphatic carbocycles. The summed E-state index contributed by atoms with van der Waals surface area (Å²) in [6, 6.07) is 12.0. The van der Waals surface area contributed by atoms with Crippen molar-refractivity contribution < 1.29 is 17.9 Å². The first kappa shape index (κ1) is 24.1. The highest BCUT2D eigenvalue weighted by atomic mass is 32.2. The van der Waals surface area contributed by atoms with Gasteiger partial charge in [-0.1, -0.05) is 39.8 Å². The first-order valence-corrected chi connectivity index (χ1v) is 12.6. The molecule has 0 aromatic heterocycles. The lowest BCUT2D eigenvalue weighted by Gasteiger charge is -2.28. The molecule has 0 atom stereocenters. The summed E-state index contributed by atoms with van der Waals surface area (Å²) in [7, 11) is -3.75. The Morgan fingerprint density at radius 1 is 1.06 bits per heavy atom. The molecular weight excluding hydrogens is 424 g/mol. The Hall–Kier alpha value is -2.54. The summed E-state index contributed by atoms with van der Waals surface area (Å²) in [5, 5.41) is 0. The number of nitrogens with zero attached hydrogens (tertiary/aromatic N) is 1. The van der Waals surface area contributed by atoms with E-state index < -0.39 is 15.4 Å². The number of rotatable bonds is 7. The van der Waals surface area contributed by atoms with E-state index in [1.54, 1.807) is 35.2 Å². The SMILES string of the molecule is CC(C)CCN1C(=O)C(C)(C)COc2cc(NS(=O)(=O)c3ccc(C(C)C)cc3)ccc21. The number of ether oxygens (including phenoxy) is 1. The third-order valence-corrected chi connectivity index (χ3v) is 7.10. The second-order valence-electron chi connectivity index (χ2n) is 9.82. The molecule has 1 aliphatic rings. The fourth-order valence-corrected chi connectivity index (χ4v) is 4.62. The fourth-order valence-electron chi connectivity index (χ4n) is 3.57. The van der Waals surface area contributed by atoms with Crippen LogP contribution in [0.5, 0.6) is 5.75 Å². The van der Waals surface area contributed by atoms with Gasteiger partial charge in [-0.15, -0.1) is 0 Å². The van der Waals surface area contributed by atoms with Gasteiger partial charge in [-0.25, -0.2) is 8.42 Å². The summed E-state index contributed by atoms with van der Waals surface area (Å²) in [6.45, 7) is 12.9. The average molecular weight is 459 g/mol. The molecule has 7 heteroatoms. The molecule has 1 N–H and O–H groups in total. The minimum absolute atomic E-state index is 0.00970. The van der Waals surface area contributed by atoms with Gasteiger partial charge in [-0.05, 0) is 61.9 Å². The van der Waals surface area contributed by atoms with Gasteiger partial charge in [0.2, 0.25) is 5.91 Å². The maximum absolute atomic E-state index is 13.2. The van der Waals surface area contributed by atoms with E-state index in [0.717, 1.165) is 12.0 Å². The monoisotopic (exact) mass is 458 g/mol. The summed E-state index contributed by atoms with van der Waals surface area (Å²) >= 11 is 0. The number of hydrogen-bond donors (Lipinski definition) is 1. The second-order valence-corrected chi connectivity index (χ2v) is 11.5. The molecule has 2 aromatic rings. The first-order chi connectivity index (χ1) is 14.9. The van der Waals surface area contributed by atoms with Crippen LogP contribution >= 0.6 is 0 Å². The first-order valence-electron chi connectivity index (χ1n) is 11.1. The topological polar surface area (TPSA) is 75.7 Å². The zero-order valence-corrected chi connectivity index (χ0v) is 20.6. The van der Waals surface area contributed by atoms with Crippen LogP contribution in [0, 0.1) is 11.3 Å². The van der Waals surface area contributed by atoms with Crippen molar-refractivity contribution in [1.29, 1.82) is 0 Å². The smallest absolute Gasteiger partial charge is 0.261 e. The van der Waals surface area contributed by atoms with Gasteiger partial charge >= 0.3 is 0 Å². The molecule has 0 saturated heterocycles. The minimum Gasteiger partial charge on any atom is -0.490 e. The normalized spacial score (nSPS) is 16.0. The largest absolute Gasteiger partial charge is 0.490 e. The Morgan fingerprint density at radius 2 is 1.72 bits per heavy atom. The van der Waals surface area contributed by atoms with Crippen molar-refractivity contribution in [1.82, 2.24) is 0 Å². The molecule has 0 fully saturated rings. The zero-order chi connectivity index (χ0) is 23.7. The van der Waals surface area contributed by atoms with Gasteiger partial charge in [0.25, 0.3) is 10.0 Å². The number of amides is 1. The van der Waals surface area contributed by atoms with E-state index in [-0.39, 0.29) is 17.4 Å². The fraction of sp³-hybridized carbons (Fsp3) is 0.480. The highest BCUT2D eigenvalue weighted by molar-refractivity contribution is 7.92. The Bertz CT molecular complexity index is 1070. The van der Waals surface area contributed by atoms with E-state index in [2.05, 4.69) is 32.4 Å². The van der Waals surface area contributed by atoms with Crippen LogP contribution in [0.3, 0.4) is 0 Å². The highest BCUT2D eigenvalue weighted by Crippen LogP contribution is 2.39. The predicted octanol–water partition coefficient (Wildman–Crippen LogP) is 5.41. The van der Waals surface area contributed by atoms with Gasteiger partial charge in [0.15, 0.2) is 0 Å². The van der Waals surface area contributed by atoms with Crippen LogP contribution in [0.1, 0.15) is 59.4 Å². The molecule has 1 aliphatic heterocycles. The van der Waals surface area contributed by atoms with Gasteiger partial charge < -0.3 is 9.64 Å². The summed E-state index contributed by atoms with van der Waals surface area (Å²) in [4.78, 5) is 15.1. The number of nitrogens with one attached hydrogen (secondary N) is 1. The lowest BCUT2D eigenvalue weighted by molar-refractivity contribution is -0.127. The van der Waals surface area contributed by atoms with Gasteiger partial charge in [0.05, 0.1) is 21.7 Å². The summed E-state index contributed by atoms with van der Waals surface area (Å²) in [5.41, 5.74) is 1.47. The third kappa shape index (κ3) is 5.26. The lowest BCUT2D eigenvalue weighted by Crippen LogP contribution is -2.42. The van der Waals surface area contributed by atoms with Gasteiger partial charge in [0.1, 0.15) is 12.4 Å². The Labute approximate surface area is 192 Å². The van der Waals surface area contributed by atoms with Crippen molar-refractivity contribution in [2.75, 3.05) is 22.8 Å². The molecule has 0 unspecified atom stereocenters. The lowest BCUT2D eigenvalue weighted by atomic mass is 9.92. The van der Waals surface area contributed by atoms with Crippen LogP contribution in [-0.2, 0) is 14.8 Å². The number of carbonyl (C=O) groups is 1. The maximum atomic E-state index is 13.2. The van der Waals surface area contributed by atoms with Crippen molar-refractivity contribution in [3.63, 3.8) is 0 Å². The van der Waals surface area contributed by atoms with Crippen molar-refractivity contribution in [3.8, 4) is 5.75 Å². The van der Waals surface area contributed by atoms with E-state index in [1.807, 2.05) is 26.0 Å². The average Bonchev–Trinajstić information content (AvgIpc) is 2.81. The van der Waals surface area contributed by atoms with Crippen LogP contribution in [0.25, 0.3) is 0 Å². The number of benzene rings is 2. The standard InChI is InChI=1S/C25H34N2O4S/c1-17(2)13-14-27-22-12-9-20(15-23(22)31-16-25(5,6)24(27)28)26-32(29,30)21-10-7-19(8-11-21)18(3)4/h7-12,15,17-18,26H,13-14,16H2,1-6H3. The zero-order valence-electron chi connectivity index (χ0n) is 19.8. The molecule has 174 valence electrons. The molecule has 0 radical (unpaired) electrons. The maximum Gasteiger partial charge on any atom is 0.261 e. The van der Waals surface area contributed by atoms with Crippen molar-refractivity contribution >= 4 is 27.3 Å². The molecule has 0 spiro atoms. The van der Waals surface area contributed by atoms with Gasteiger partial charge in [-0.2, -0.15) is 0 Å². The van der Waals surface area contributed by atoms with Crippen molar-refractivity contribution in [2.24, 2.45) is 11.3 Å². The highest BCUT2D eigenvalue weighted by Gasteiger charge is 2.37. The molecular formula is C25H34N2O4S. The molecule has 2 aromatic carbocycles. The van der Waals surface area contributed by atoms with Crippen LogP contribution in [-0.4, -0.2) is 27.5 Å². The number of anilines is 2. The summed E-state index contributed by atoms with van der Waals surface area (Å²) in [6.07, 6.45) is 0.863. The number of carbonyl (C=O) groups excluding carboxylic acids is 1. The van der Waals surface area contributed by atoms with Gasteiger partial charge in [-0.3, -0.25) is 9.52 Å². The van der Waals surface area contributed by atoms with E-state index in [4.69, 9.17) is 4.74 Å². The number of fused-ring (bicyclic) bond motifs is 1. The summed E-state index contributed by atoms with van der Waals surface area (Å²) in [5.74, 6) is 1.29. The summed E-state index contributed by atoms with van der Waals surface area (Å²) < 4.78 is 34.4. The van der Waals surface area contributed by atoms with Crippen LogP contribution < -0.4 is 14.4 Å². The molecule has 1 heterocycles. The molecule has 3 rings (SSSR count). The van der Waals surface area contributed by atoms with E-state index >= 15 is 0 Å². The van der Waals surface area contributed by atoms with E-state index in [0.29, 0.717) is 35.5 Å². The van der Waals surface area contributed by atoms with Crippen molar-refractivity contribution in [3.05, 3.63) is 48.0 Å². The minimum atomic E-state index is -3.75. The Kier molecular flexibility index (Phi) is 6.89. The molecule has 0 saturated carbocycles. The predicted molar refractivity (Wildman–Crippen MR) is 129 cm³/mol. The molecule has 0 bridgehead atoms. The quantitative estimate of drug-likeness (QED) is 0.602. The van der Waals surface area contributed by atoms with Crippen LogP contribution in [0.4, 0.5) is 11.4 Å². The number of sulfonamides is 1. The number of hydrogen-bond acceptors (Lipinski definition) is 4. The van der Waals surface area contributed by atoms with Crippen LogP contribution in [0.15, 0.2) is 47.4 Å². The Balaban J connectivity index is 1.90. The molecule has 6 nitrogen and oxygen atoms in total.